The smallest absolute Gasteiger partial charge is 0.161 e. The van der Waals surface area contributed by atoms with Gasteiger partial charge < -0.3 is 19.7 Å². The molecule has 3 aliphatic rings. The van der Waals surface area contributed by atoms with Crippen molar-refractivity contribution in [2.45, 2.75) is 39.0 Å². The fraction of sp³-hybridized carbons (Fsp3) is 0.583. The van der Waals surface area contributed by atoms with Crippen molar-refractivity contribution in [1.82, 2.24) is 19.8 Å². The molecule has 0 bridgehead atoms. The number of aromatic nitrogens is 2. The molecule has 31 heavy (non-hydrogen) atoms. The van der Waals surface area contributed by atoms with Crippen LogP contribution in [-0.2, 0) is 29.2 Å². The van der Waals surface area contributed by atoms with Crippen molar-refractivity contribution in [3.63, 3.8) is 0 Å². The minimum absolute atomic E-state index is 0.570. The molecular formula is C24H33N5O2. The molecule has 0 amide bonds. The van der Waals surface area contributed by atoms with Gasteiger partial charge in [0.15, 0.2) is 5.82 Å². The van der Waals surface area contributed by atoms with Gasteiger partial charge in [-0.15, -0.1) is 0 Å². The van der Waals surface area contributed by atoms with Crippen molar-refractivity contribution in [3.05, 3.63) is 41.1 Å². The summed E-state index contributed by atoms with van der Waals surface area (Å²) in [5, 5.41) is 3.58. The molecule has 0 unspecified atom stereocenters. The van der Waals surface area contributed by atoms with Crippen LogP contribution in [0.2, 0.25) is 0 Å². The van der Waals surface area contributed by atoms with E-state index in [1.165, 1.54) is 31.5 Å². The van der Waals surface area contributed by atoms with Gasteiger partial charge in [-0.25, -0.2) is 9.97 Å². The van der Waals surface area contributed by atoms with Crippen LogP contribution in [0, 0.1) is 0 Å². The molecule has 2 fully saturated rings. The maximum Gasteiger partial charge on any atom is 0.161 e. The molecule has 1 aromatic heterocycles. The first-order valence-electron chi connectivity index (χ1n) is 11.7. The Morgan fingerprint density at radius 2 is 1.81 bits per heavy atom. The van der Waals surface area contributed by atoms with Gasteiger partial charge in [-0.1, -0.05) is 18.2 Å². The van der Waals surface area contributed by atoms with Crippen molar-refractivity contribution in [3.8, 4) is 11.4 Å². The largest absolute Gasteiger partial charge is 0.379 e. The number of hydrogen-bond acceptors (Lipinski definition) is 7. The van der Waals surface area contributed by atoms with Crippen LogP contribution in [0.5, 0.6) is 0 Å². The first-order chi connectivity index (χ1) is 15.3. The third-order valence-electron chi connectivity index (χ3n) is 6.42. The van der Waals surface area contributed by atoms with Crippen LogP contribution >= 0.6 is 0 Å². The molecule has 0 atom stereocenters. The Bertz CT molecular complexity index is 878. The van der Waals surface area contributed by atoms with Gasteiger partial charge in [-0.3, -0.25) is 4.90 Å². The van der Waals surface area contributed by atoms with Crippen LogP contribution in [0.1, 0.15) is 36.1 Å². The zero-order valence-electron chi connectivity index (χ0n) is 18.3. The molecule has 4 heterocycles. The van der Waals surface area contributed by atoms with E-state index in [0.29, 0.717) is 13.2 Å². The highest BCUT2D eigenvalue weighted by Crippen LogP contribution is 2.28. The van der Waals surface area contributed by atoms with Gasteiger partial charge in [-0.2, -0.15) is 0 Å². The Hall–Kier alpha value is -2.06. The number of nitrogens with zero attached hydrogens (tertiary/aromatic N) is 4. The van der Waals surface area contributed by atoms with Gasteiger partial charge in [0.25, 0.3) is 0 Å². The van der Waals surface area contributed by atoms with E-state index >= 15 is 0 Å². The van der Waals surface area contributed by atoms with E-state index in [1.807, 2.05) is 0 Å². The fourth-order valence-corrected chi connectivity index (χ4v) is 4.67. The van der Waals surface area contributed by atoms with Crippen molar-refractivity contribution in [1.29, 1.82) is 0 Å². The fourth-order valence-electron chi connectivity index (χ4n) is 4.67. The van der Waals surface area contributed by atoms with Gasteiger partial charge in [-0.05, 0) is 50.5 Å². The van der Waals surface area contributed by atoms with Crippen LogP contribution in [0.15, 0.2) is 24.3 Å². The molecule has 0 saturated carbocycles. The maximum atomic E-state index is 5.69. The van der Waals surface area contributed by atoms with Gasteiger partial charge in [0, 0.05) is 37.3 Å². The first kappa shape index (κ1) is 20.8. The average molecular weight is 424 g/mol. The number of likely N-dealkylation sites (tertiary alicyclic amines) is 1. The normalized spacial score (nSPS) is 19.6. The van der Waals surface area contributed by atoms with E-state index < -0.39 is 0 Å². The lowest BCUT2D eigenvalue weighted by atomic mass is 10.1. The number of ether oxygens (including phenoxy) is 2. The predicted molar refractivity (Wildman–Crippen MR) is 121 cm³/mol. The number of rotatable bonds is 8. The molecule has 3 aliphatic heterocycles. The zero-order valence-corrected chi connectivity index (χ0v) is 18.3. The van der Waals surface area contributed by atoms with Gasteiger partial charge in [0.05, 0.1) is 32.1 Å². The van der Waals surface area contributed by atoms with Crippen LogP contribution in [0.4, 0.5) is 5.82 Å². The highest BCUT2D eigenvalue weighted by Gasteiger charge is 2.21. The Kier molecular flexibility index (Phi) is 6.74. The Balaban J connectivity index is 1.28. The number of hydrogen-bond donors (Lipinski definition) is 1. The number of nitrogens with one attached hydrogen (secondary N) is 1. The summed E-state index contributed by atoms with van der Waals surface area (Å²) in [6, 6.07) is 8.63. The predicted octanol–water partition coefficient (Wildman–Crippen LogP) is 2.90. The number of benzene rings is 1. The molecule has 7 heteroatoms. The highest BCUT2D eigenvalue weighted by atomic mass is 16.5. The number of fused-ring (bicyclic) bond motifs is 1. The summed E-state index contributed by atoms with van der Waals surface area (Å²) in [5.74, 6) is 1.73. The van der Waals surface area contributed by atoms with E-state index in [4.69, 9.17) is 19.4 Å². The minimum Gasteiger partial charge on any atom is -0.379 e. The van der Waals surface area contributed by atoms with Gasteiger partial charge in [0.1, 0.15) is 5.82 Å². The molecule has 0 radical (unpaired) electrons. The Morgan fingerprint density at radius 3 is 2.68 bits per heavy atom. The van der Waals surface area contributed by atoms with Crippen LogP contribution < -0.4 is 5.32 Å². The van der Waals surface area contributed by atoms with Gasteiger partial charge in [0.2, 0.25) is 0 Å². The SMILES string of the molecule is c1cc(CN2CCOCC2)cc(-c2nc3c(c(NCCCN4CCCC4)n2)COC3)c1. The summed E-state index contributed by atoms with van der Waals surface area (Å²) < 4.78 is 11.2. The summed E-state index contributed by atoms with van der Waals surface area (Å²) in [6.45, 7) is 10.3. The third-order valence-corrected chi connectivity index (χ3v) is 6.42. The average Bonchev–Trinajstić information content (AvgIpc) is 3.49. The van der Waals surface area contributed by atoms with Crippen LogP contribution in [0.3, 0.4) is 0 Å². The molecule has 2 aromatic rings. The second-order valence-electron chi connectivity index (χ2n) is 8.73. The van der Waals surface area contributed by atoms with Crippen molar-refractivity contribution in [2.24, 2.45) is 0 Å². The molecule has 1 N–H and O–H groups in total. The van der Waals surface area contributed by atoms with Crippen LogP contribution in [-0.4, -0.2) is 72.3 Å². The molecule has 5 rings (SSSR count). The second-order valence-corrected chi connectivity index (χ2v) is 8.73. The molecule has 1 aromatic carbocycles. The summed E-state index contributed by atoms with van der Waals surface area (Å²) in [4.78, 5) is 14.8. The summed E-state index contributed by atoms with van der Waals surface area (Å²) >= 11 is 0. The van der Waals surface area contributed by atoms with Gasteiger partial charge >= 0.3 is 0 Å². The topological polar surface area (TPSA) is 62.8 Å². The second kappa shape index (κ2) is 10.0. The molecule has 166 valence electrons. The number of morpholine rings is 1. The first-order valence-corrected chi connectivity index (χ1v) is 11.7. The van der Waals surface area contributed by atoms with E-state index in [2.05, 4.69) is 39.4 Å². The lowest BCUT2D eigenvalue weighted by Crippen LogP contribution is -2.35. The Labute approximate surface area is 184 Å². The van der Waals surface area contributed by atoms with Crippen LogP contribution in [0.25, 0.3) is 11.4 Å². The van der Waals surface area contributed by atoms with E-state index in [-0.39, 0.29) is 0 Å². The summed E-state index contributed by atoms with van der Waals surface area (Å²) in [7, 11) is 0. The van der Waals surface area contributed by atoms with Crippen molar-refractivity contribution >= 4 is 5.82 Å². The molecule has 7 nitrogen and oxygen atoms in total. The van der Waals surface area contributed by atoms with Crippen molar-refractivity contribution < 1.29 is 9.47 Å². The Morgan fingerprint density at radius 1 is 0.935 bits per heavy atom. The van der Waals surface area contributed by atoms with Crippen molar-refractivity contribution in [2.75, 3.05) is 57.8 Å². The lowest BCUT2D eigenvalue weighted by molar-refractivity contribution is 0.0342. The molecular weight excluding hydrogens is 390 g/mol. The molecule has 0 spiro atoms. The summed E-state index contributed by atoms with van der Waals surface area (Å²) in [6.07, 6.45) is 3.82. The summed E-state index contributed by atoms with van der Waals surface area (Å²) in [5.41, 5.74) is 4.50. The minimum atomic E-state index is 0.570. The maximum absolute atomic E-state index is 5.69. The standard InChI is InChI=1S/C24H33N5O2/c1-2-9-28(8-1)10-4-7-25-24-21-17-31-18-22(21)26-23(27-24)20-6-3-5-19(15-20)16-29-11-13-30-14-12-29/h3,5-6,15H,1-2,4,7-14,16-18H2,(H,25,26,27). The van der Waals surface area contributed by atoms with E-state index in [0.717, 1.165) is 80.8 Å². The van der Waals surface area contributed by atoms with E-state index in [1.54, 1.807) is 0 Å². The highest BCUT2D eigenvalue weighted by molar-refractivity contribution is 5.61. The number of anilines is 1. The molecule has 2 saturated heterocycles. The van der Waals surface area contributed by atoms with E-state index in [9.17, 15) is 0 Å². The lowest BCUT2D eigenvalue weighted by Gasteiger charge is -2.26. The third kappa shape index (κ3) is 5.23. The monoisotopic (exact) mass is 423 g/mol. The zero-order chi connectivity index (χ0) is 20.9. The molecule has 0 aliphatic carbocycles. The quantitative estimate of drug-likeness (QED) is 0.655.